The van der Waals surface area contributed by atoms with E-state index in [9.17, 15) is 0 Å². The summed E-state index contributed by atoms with van der Waals surface area (Å²) in [4.78, 5) is 7.59. The van der Waals surface area contributed by atoms with E-state index < -0.39 is 0 Å². The van der Waals surface area contributed by atoms with Crippen LogP contribution in [0.4, 0.5) is 0 Å². The normalized spacial score (nSPS) is 18.3. The molecular formula is C14H33N5. The second-order valence-electron chi connectivity index (χ2n) is 5.26. The molecule has 0 unspecified atom stereocenters. The van der Waals surface area contributed by atoms with E-state index >= 15 is 0 Å². The number of rotatable bonds is 10. The van der Waals surface area contributed by atoms with Crippen molar-refractivity contribution in [2.75, 3.05) is 78.5 Å². The molecule has 0 aromatic heterocycles. The van der Waals surface area contributed by atoms with Crippen LogP contribution in [-0.4, -0.2) is 93.2 Å². The zero-order valence-corrected chi connectivity index (χ0v) is 12.9. The van der Waals surface area contributed by atoms with Crippen molar-refractivity contribution < 1.29 is 0 Å². The molecule has 5 heteroatoms. The number of hydrogen-bond acceptors (Lipinski definition) is 5. The van der Waals surface area contributed by atoms with Crippen molar-refractivity contribution in [3.63, 3.8) is 0 Å². The maximum Gasteiger partial charge on any atom is 0.0110 e. The minimum Gasteiger partial charge on any atom is -0.329 e. The van der Waals surface area contributed by atoms with E-state index in [0.29, 0.717) is 0 Å². The number of nitrogens with zero attached hydrogens (tertiary/aromatic N) is 3. The first-order valence-electron chi connectivity index (χ1n) is 7.88. The average Bonchev–Trinajstić information content (AvgIpc) is 2.44. The van der Waals surface area contributed by atoms with E-state index in [1.54, 1.807) is 0 Å². The number of likely N-dealkylation sites (N-methyl/N-ethyl adjacent to an activating group) is 2. The number of nitrogens with one attached hydrogen (secondary N) is 1. The Hall–Kier alpha value is -0.200. The lowest BCUT2D eigenvalue weighted by Gasteiger charge is -2.35. The molecule has 1 aliphatic heterocycles. The molecule has 1 fully saturated rings. The maximum atomic E-state index is 5.60. The Labute approximate surface area is 119 Å². The SMILES string of the molecule is CCNCCN(CC)CCN1CCN(CCN)CC1. The van der Waals surface area contributed by atoms with Crippen LogP contribution in [0.15, 0.2) is 0 Å². The fourth-order valence-electron chi connectivity index (χ4n) is 2.54. The van der Waals surface area contributed by atoms with Gasteiger partial charge in [-0.25, -0.2) is 0 Å². The first kappa shape index (κ1) is 16.9. The van der Waals surface area contributed by atoms with Gasteiger partial charge >= 0.3 is 0 Å². The Balaban J connectivity index is 2.10. The smallest absolute Gasteiger partial charge is 0.0110 e. The van der Waals surface area contributed by atoms with Crippen LogP contribution in [0.5, 0.6) is 0 Å². The van der Waals surface area contributed by atoms with Crippen molar-refractivity contribution in [2.24, 2.45) is 5.73 Å². The first-order chi connectivity index (χ1) is 9.30. The van der Waals surface area contributed by atoms with Gasteiger partial charge in [0.1, 0.15) is 0 Å². The van der Waals surface area contributed by atoms with Crippen molar-refractivity contribution in [2.45, 2.75) is 13.8 Å². The van der Waals surface area contributed by atoms with Crippen LogP contribution in [0, 0.1) is 0 Å². The monoisotopic (exact) mass is 271 g/mol. The largest absolute Gasteiger partial charge is 0.329 e. The van der Waals surface area contributed by atoms with E-state index in [1.807, 2.05) is 0 Å². The lowest BCUT2D eigenvalue weighted by molar-refractivity contribution is 0.121. The van der Waals surface area contributed by atoms with Crippen LogP contribution in [-0.2, 0) is 0 Å². The van der Waals surface area contributed by atoms with Gasteiger partial charge in [0.2, 0.25) is 0 Å². The standard InChI is InChI=1S/C14H33N5/c1-3-16-6-8-17(4-2)9-10-19-13-11-18(7-5-15)12-14-19/h16H,3-15H2,1-2H3. The Morgan fingerprint density at radius 3 is 2.16 bits per heavy atom. The molecule has 19 heavy (non-hydrogen) atoms. The van der Waals surface area contributed by atoms with Gasteiger partial charge in [0.25, 0.3) is 0 Å². The third kappa shape index (κ3) is 7.22. The molecule has 0 saturated carbocycles. The summed E-state index contributed by atoms with van der Waals surface area (Å²) in [5, 5.41) is 3.40. The highest BCUT2D eigenvalue weighted by Crippen LogP contribution is 2.01. The third-order valence-corrected chi connectivity index (χ3v) is 3.94. The van der Waals surface area contributed by atoms with E-state index in [2.05, 4.69) is 33.9 Å². The highest BCUT2D eigenvalue weighted by Gasteiger charge is 2.16. The molecule has 5 nitrogen and oxygen atoms in total. The molecule has 3 N–H and O–H groups in total. The van der Waals surface area contributed by atoms with Gasteiger partial charge in [-0.05, 0) is 13.1 Å². The predicted molar refractivity (Wildman–Crippen MR) is 82.6 cm³/mol. The average molecular weight is 271 g/mol. The summed E-state index contributed by atoms with van der Waals surface area (Å²) in [7, 11) is 0. The first-order valence-corrected chi connectivity index (χ1v) is 7.88. The highest BCUT2D eigenvalue weighted by molar-refractivity contribution is 4.73. The highest BCUT2D eigenvalue weighted by atomic mass is 15.3. The van der Waals surface area contributed by atoms with Crippen LogP contribution in [0.1, 0.15) is 13.8 Å². The van der Waals surface area contributed by atoms with E-state index in [4.69, 9.17) is 5.73 Å². The zero-order chi connectivity index (χ0) is 13.9. The Kier molecular flexibility index (Phi) is 9.38. The molecule has 0 bridgehead atoms. The molecule has 0 aromatic carbocycles. The third-order valence-electron chi connectivity index (χ3n) is 3.94. The molecule has 0 atom stereocenters. The van der Waals surface area contributed by atoms with Gasteiger partial charge in [0.15, 0.2) is 0 Å². The minimum absolute atomic E-state index is 0.786. The number of hydrogen-bond donors (Lipinski definition) is 2. The molecule has 0 spiro atoms. The molecule has 1 heterocycles. The lowest BCUT2D eigenvalue weighted by atomic mass is 10.3. The second kappa shape index (κ2) is 10.6. The van der Waals surface area contributed by atoms with Gasteiger partial charge in [-0.3, -0.25) is 9.80 Å². The Bertz CT molecular complexity index is 204. The summed E-state index contributed by atoms with van der Waals surface area (Å²) < 4.78 is 0. The Morgan fingerprint density at radius 1 is 1.00 bits per heavy atom. The number of nitrogens with two attached hydrogens (primary N) is 1. The van der Waals surface area contributed by atoms with Crippen molar-refractivity contribution in [3.8, 4) is 0 Å². The molecular weight excluding hydrogens is 238 g/mol. The van der Waals surface area contributed by atoms with E-state index in [0.717, 1.165) is 39.3 Å². The summed E-state index contributed by atoms with van der Waals surface area (Å²) in [6.45, 7) is 17.9. The van der Waals surface area contributed by atoms with Gasteiger partial charge in [0.05, 0.1) is 0 Å². The quantitative estimate of drug-likeness (QED) is 0.524. The van der Waals surface area contributed by atoms with Crippen LogP contribution in [0.25, 0.3) is 0 Å². The number of piperazine rings is 1. The molecule has 0 aromatic rings. The molecule has 1 aliphatic rings. The lowest BCUT2D eigenvalue weighted by Crippen LogP contribution is -2.49. The summed E-state index contributed by atoms with van der Waals surface area (Å²) in [5.74, 6) is 0. The van der Waals surface area contributed by atoms with Crippen molar-refractivity contribution in [1.82, 2.24) is 20.0 Å². The van der Waals surface area contributed by atoms with E-state index in [-0.39, 0.29) is 0 Å². The van der Waals surface area contributed by atoms with Crippen molar-refractivity contribution in [1.29, 1.82) is 0 Å². The van der Waals surface area contributed by atoms with Crippen molar-refractivity contribution >= 4 is 0 Å². The Morgan fingerprint density at radius 2 is 1.63 bits per heavy atom. The van der Waals surface area contributed by atoms with Crippen LogP contribution < -0.4 is 11.1 Å². The van der Waals surface area contributed by atoms with Gasteiger partial charge in [-0.2, -0.15) is 0 Å². The molecule has 0 radical (unpaired) electrons. The molecule has 1 saturated heterocycles. The summed E-state index contributed by atoms with van der Waals surface area (Å²) in [6.07, 6.45) is 0. The van der Waals surface area contributed by atoms with Crippen LogP contribution in [0.3, 0.4) is 0 Å². The predicted octanol–water partition coefficient (Wildman–Crippen LogP) is -0.506. The summed E-state index contributed by atoms with van der Waals surface area (Å²) >= 11 is 0. The van der Waals surface area contributed by atoms with Gasteiger partial charge in [-0.15, -0.1) is 0 Å². The zero-order valence-electron chi connectivity index (χ0n) is 12.9. The molecule has 114 valence electrons. The maximum absolute atomic E-state index is 5.60. The fourth-order valence-corrected chi connectivity index (χ4v) is 2.54. The topological polar surface area (TPSA) is 47.8 Å². The fraction of sp³-hybridized carbons (Fsp3) is 1.00. The summed E-state index contributed by atoms with van der Waals surface area (Å²) in [5.41, 5.74) is 5.60. The minimum atomic E-state index is 0.786. The van der Waals surface area contributed by atoms with Gasteiger partial charge < -0.3 is 16.0 Å². The van der Waals surface area contributed by atoms with Crippen LogP contribution >= 0.6 is 0 Å². The van der Waals surface area contributed by atoms with Crippen molar-refractivity contribution in [3.05, 3.63) is 0 Å². The van der Waals surface area contributed by atoms with Gasteiger partial charge in [-0.1, -0.05) is 13.8 Å². The second-order valence-corrected chi connectivity index (χ2v) is 5.26. The molecule has 0 aliphatic carbocycles. The van der Waals surface area contributed by atoms with E-state index in [1.165, 1.54) is 39.3 Å². The molecule has 0 amide bonds. The van der Waals surface area contributed by atoms with Crippen LogP contribution in [0.2, 0.25) is 0 Å². The molecule has 1 rings (SSSR count). The summed E-state index contributed by atoms with van der Waals surface area (Å²) in [6, 6.07) is 0. The van der Waals surface area contributed by atoms with Gasteiger partial charge in [0, 0.05) is 65.4 Å².